The summed E-state index contributed by atoms with van der Waals surface area (Å²) in [6.45, 7) is 7.90. The van der Waals surface area contributed by atoms with Gasteiger partial charge < -0.3 is 44.2 Å². The van der Waals surface area contributed by atoms with Gasteiger partial charge in [0.15, 0.2) is 0 Å². The van der Waals surface area contributed by atoms with Crippen molar-refractivity contribution in [1.29, 1.82) is 0 Å². The van der Waals surface area contributed by atoms with Gasteiger partial charge >= 0.3 is 12.4 Å². The van der Waals surface area contributed by atoms with Crippen LogP contribution >= 0.6 is 11.3 Å². The number of ether oxygens (including phenoxy) is 2. The molecule has 1 aliphatic carbocycles. The lowest BCUT2D eigenvalue weighted by Gasteiger charge is -2.44. The molecule has 4 amide bonds. The second-order valence-electron chi connectivity index (χ2n) is 21.9. The predicted octanol–water partition coefficient (Wildman–Crippen LogP) is 9.89. The van der Waals surface area contributed by atoms with Gasteiger partial charge in [-0.25, -0.2) is 4.39 Å². The fraction of sp³-hybridized carbons (Fsp3) is 0.542. The van der Waals surface area contributed by atoms with Gasteiger partial charge in [0, 0.05) is 77.8 Å². The summed E-state index contributed by atoms with van der Waals surface area (Å²) < 4.78 is 109. The molecule has 2 atom stereocenters. The van der Waals surface area contributed by atoms with E-state index in [-0.39, 0.29) is 49.5 Å². The van der Waals surface area contributed by atoms with E-state index in [1.807, 2.05) is 37.1 Å². The van der Waals surface area contributed by atoms with Crippen molar-refractivity contribution >= 4 is 40.0 Å². The Hall–Kier alpha value is -5.61. The Bertz CT molecular complexity index is 2750. The zero-order chi connectivity index (χ0) is 57.4. The molecule has 1 spiro atoms. The van der Waals surface area contributed by atoms with E-state index in [0.717, 1.165) is 91.4 Å². The number of alkyl halides is 6. The van der Waals surface area contributed by atoms with Crippen molar-refractivity contribution in [3.8, 4) is 0 Å². The molecular formula is C59H73F7N7O6S. The van der Waals surface area contributed by atoms with E-state index >= 15 is 0 Å². The molecule has 13 nitrogen and oxygen atoms in total. The molecule has 0 saturated carbocycles. The molecular weight excluding hydrogens is 1070 g/mol. The molecule has 1 aromatic heterocycles. The number of nitrogens with one attached hydrogen (secondary N) is 1. The van der Waals surface area contributed by atoms with E-state index in [2.05, 4.69) is 33.7 Å². The number of nitrogens with zero attached hydrogens (tertiary/aromatic N) is 6. The quantitative estimate of drug-likeness (QED) is 0.0607. The number of hydrogen-bond donors (Lipinski definition) is 1. The Labute approximate surface area is 468 Å². The van der Waals surface area contributed by atoms with Gasteiger partial charge in [-0.05, 0) is 150 Å². The molecule has 0 unspecified atom stereocenters. The topological polar surface area (TPSA) is 118 Å². The minimum atomic E-state index is -5.14. The first kappa shape index (κ1) is 60.5. The number of anilines is 1. The van der Waals surface area contributed by atoms with Gasteiger partial charge in [0.1, 0.15) is 24.8 Å². The molecule has 3 aliphatic heterocycles. The number of aryl methyl sites for hydroxylation is 1. The van der Waals surface area contributed by atoms with Gasteiger partial charge in [0.25, 0.3) is 11.8 Å². The summed E-state index contributed by atoms with van der Waals surface area (Å²) in [5.41, 5.74) is -1.99. The maximum Gasteiger partial charge on any atom is 0.416 e. The number of amides is 4. The van der Waals surface area contributed by atoms with E-state index in [9.17, 15) is 49.9 Å². The number of likely N-dealkylation sites (N-methyl/N-ethyl adjacent to an activating group) is 3. The normalized spacial score (nSPS) is 19.5. The van der Waals surface area contributed by atoms with Crippen molar-refractivity contribution in [2.75, 3.05) is 112 Å². The van der Waals surface area contributed by atoms with Gasteiger partial charge in [-0.2, -0.15) is 26.3 Å². The van der Waals surface area contributed by atoms with Crippen molar-refractivity contribution in [1.82, 2.24) is 29.4 Å². The first-order valence-electron chi connectivity index (χ1n) is 27.6. The van der Waals surface area contributed by atoms with E-state index < -0.39 is 58.5 Å². The SMILES string of the molecule is Cc1cc(NCCCCCC(=O)N(C)CCN2CC[CH]CC2)sc1C(=O)N(C)CCN(C)C(=O)CO[C@H]1Cc2ccccc2C12CCN(CC[C@@]1(c3ccc(F)cc3)CN(C(=O)c3cc(C(F)(F)F)cc(C(F)(F)F)c3)CO1)CC2. The van der Waals surface area contributed by atoms with Crippen LogP contribution in [0.3, 0.4) is 0 Å². The minimum Gasteiger partial charge on any atom is -0.377 e. The number of benzene rings is 3. The number of carbonyl (C=O) groups is 4. The average molecular weight is 1140 g/mol. The first-order chi connectivity index (χ1) is 38.0. The van der Waals surface area contributed by atoms with Crippen molar-refractivity contribution in [3.63, 3.8) is 0 Å². The van der Waals surface area contributed by atoms with Gasteiger partial charge in [-0.3, -0.25) is 19.2 Å². The standard InChI is InChI=1S/C59H73F7N7O6S/c1-41-33-50(67-23-10-5-7-15-51(74)68(2)31-32-71-24-11-6-12-25-71)80-53(41)55(77)70(4)30-29-69(3)52(75)38-78-49-36-42-13-8-9-14-48(42)56(49)20-26-72(27-21-56)28-22-57(44-16-18-47(60)19-17-44)39-73(40-79-57)54(76)43-34-45(58(61,62)63)37-46(35-43)59(64,65)66/h6,8-9,13-14,16-19,33-35,37,49,67H,5,7,10-12,15,20-32,36,38-40H2,1-4H3/t49-,57-/m0/s1. The smallest absolute Gasteiger partial charge is 0.377 e. The number of carbonyl (C=O) groups excluding carboxylic acids is 4. The average Bonchev–Trinajstić information content (AvgIpc) is 4.35. The summed E-state index contributed by atoms with van der Waals surface area (Å²) >= 11 is 1.41. The lowest BCUT2D eigenvalue weighted by atomic mass is 9.72. The number of piperidine rings is 2. The molecule has 1 radical (unpaired) electrons. The fourth-order valence-corrected chi connectivity index (χ4v) is 12.6. The van der Waals surface area contributed by atoms with Crippen LogP contribution in [0.4, 0.5) is 35.7 Å². The molecule has 21 heteroatoms. The Morgan fingerprint density at radius 2 is 1.43 bits per heavy atom. The second-order valence-corrected chi connectivity index (χ2v) is 23.0. The molecule has 3 aromatic carbocycles. The molecule has 8 rings (SSSR count). The highest BCUT2D eigenvalue weighted by Crippen LogP contribution is 2.48. The summed E-state index contributed by atoms with van der Waals surface area (Å²) in [5.74, 6) is -1.77. The summed E-state index contributed by atoms with van der Waals surface area (Å²) in [6.07, 6.45) is -0.632. The molecule has 3 saturated heterocycles. The van der Waals surface area contributed by atoms with E-state index in [4.69, 9.17) is 9.47 Å². The zero-order valence-electron chi connectivity index (χ0n) is 46.0. The number of fused-ring (bicyclic) bond motifs is 2. The highest BCUT2D eigenvalue weighted by molar-refractivity contribution is 7.18. The summed E-state index contributed by atoms with van der Waals surface area (Å²) in [5, 5.41) is 4.35. The number of halogens is 7. The van der Waals surface area contributed by atoms with Gasteiger partial charge in [-0.15, -0.1) is 11.3 Å². The predicted molar refractivity (Wildman–Crippen MR) is 292 cm³/mol. The largest absolute Gasteiger partial charge is 0.416 e. The summed E-state index contributed by atoms with van der Waals surface area (Å²) in [6, 6.07) is 16.4. The molecule has 4 aromatic rings. The lowest BCUT2D eigenvalue weighted by molar-refractivity contribution is -0.143. The molecule has 80 heavy (non-hydrogen) atoms. The van der Waals surface area contributed by atoms with Crippen LogP contribution in [0.1, 0.15) is 111 Å². The third-order valence-electron chi connectivity index (χ3n) is 16.5. The van der Waals surface area contributed by atoms with Gasteiger partial charge in [-0.1, -0.05) is 42.8 Å². The van der Waals surface area contributed by atoms with Crippen LogP contribution in [0.25, 0.3) is 0 Å². The maximum absolute atomic E-state index is 14.2. The Kier molecular flexibility index (Phi) is 19.7. The minimum absolute atomic E-state index is 0.0267. The van der Waals surface area contributed by atoms with Crippen LogP contribution in [0.5, 0.6) is 0 Å². The first-order valence-corrected chi connectivity index (χ1v) is 28.4. The second kappa shape index (κ2) is 26.1. The highest BCUT2D eigenvalue weighted by Gasteiger charge is 2.50. The summed E-state index contributed by atoms with van der Waals surface area (Å²) in [7, 11) is 5.31. The van der Waals surface area contributed by atoms with Crippen LogP contribution in [0.15, 0.2) is 72.8 Å². The number of likely N-dealkylation sites (tertiary alicyclic amines) is 2. The number of thiophene rings is 1. The van der Waals surface area contributed by atoms with Crippen molar-refractivity contribution in [2.24, 2.45) is 0 Å². The van der Waals surface area contributed by atoms with E-state index in [0.29, 0.717) is 81.0 Å². The number of rotatable bonds is 22. The fourth-order valence-electron chi connectivity index (χ4n) is 11.5. The Morgan fingerprint density at radius 3 is 2.11 bits per heavy atom. The molecule has 1 N–H and O–H groups in total. The lowest BCUT2D eigenvalue weighted by Crippen LogP contribution is -2.50. The van der Waals surface area contributed by atoms with Crippen LogP contribution in [0, 0.1) is 19.2 Å². The molecule has 4 aliphatic rings. The van der Waals surface area contributed by atoms with Crippen molar-refractivity contribution < 1.29 is 59.4 Å². The molecule has 435 valence electrons. The molecule has 0 bridgehead atoms. The van der Waals surface area contributed by atoms with Crippen LogP contribution in [-0.2, 0) is 48.9 Å². The van der Waals surface area contributed by atoms with Crippen LogP contribution in [0.2, 0.25) is 0 Å². The Balaban J connectivity index is 0.802. The van der Waals surface area contributed by atoms with Gasteiger partial charge in [0.05, 0.1) is 33.7 Å². The molecule has 4 heterocycles. The number of hydrogen-bond acceptors (Lipinski definition) is 10. The van der Waals surface area contributed by atoms with Gasteiger partial charge in [0.2, 0.25) is 11.8 Å². The van der Waals surface area contributed by atoms with E-state index in [1.54, 1.807) is 23.9 Å². The third-order valence-corrected chi connectivity index (χ3v) is 17.7. The van der Waals surface area contributed by atoms with Crippen molar-refractivity contribution in [2.45, 2.75) is 101 Å². The Morgan fingerprint density at radius 1 is 0.775 bits per heavy atom. The zero-order valence-corrected chi connectivity index (χ0v) is 46.8. The van der Waals surface area contributed by atoms with Crippen LogP contribution in [-0.4, -0.2) is 166 Å². The van der Waals surface area contributed by atoms with E-state index in [1.165, 1.54) is 35.6 Å². The highest BCUT2D eigenvalue weighted by atomic mass is 32.1. The molecule has 3 fully saturated rings. The third kappa shape index (κ3) is 14.7. The van der Waals surface area contributed by atoms with Crippen LogP contribution < -0.4 is 5.32 Å². The maximum atomic E-state index is 14.2. The number of unbranched alkanes of at least 4 members (excludes halogenated alkanes) is 2. The summed E-state index contributed by atoms with van der Waals surface area (Å²) in [4.78, 5) is 65.1. The van der Waals surface area contributed by atoms with Crippen molar-refractivity contribution in [3.05, 3.63) is 129 Å². The monoisotopic (exact) mass is 1140 g/mol.